The van der Waals surface area contributed by atoms with E-state index in [2.05, 4.69) is 119 Å². The first-order chi connectivity index (χ1) is 19.2. The molecule has 0 bridgehead atoms. The van der Waals surface area contributed by atoms with Crippen LogP contribution >= 0.6 is 0 Å². The highest BCUT2D eigenvalue weighted by Crippen LogP contribution is 2.49. The van der Waals surface area contributed by atoms with E-state index in [1.807, 2.05) is 0 Å². The van der Waals surface area contributed by atoms with Crippen LogP contribution in [0.1, 0.15) is 102 Å². The van der Waals surface area contributed by atoms with E-state index in [9.17, 15) is 0 Å². The molecule has 0 aliphatic rings. The second-order valence-corrected chi connectivity index (χ2v) is 11.2. The van der Waals surface area contributed by atoms with Crippen LogP contribution in [0.2, 0.25) is 0 Å². The molecule has 0 radical (unpaired) electrons. The molecule has 0 heterocycles. The molecule has 0 fully saturated rings. The van der Waals surface area contributed by atoms with Crippen LogP contribution in [0.4, 0.5) is 0 Å². The van der Waals surface area contributed by atoms with Crippen molar-refractivity contribution >= 4 is 0 Å². The lowest BCUT2D eigenvalue weighted by atomic mass is 9.73. The van der Waals surface area contributed by atoms with Gasteiger partial charge in [-0.3, -0.25) is 0 Å². The van der Waals surface area contributed by atoms with Gasteiger partial charge in [0.1, 0.15) is 0 Å². The molecule has 1 unspecified atom stereocenters. The fraction of sp³-hybridized carbons (Fsp3) is 0.385. The van der Waals surface area contributed by atoms with Crippen LogP contribution in [0.15, 0.2) is 91.0 Å². The smallest absolute Gasteiger partial charge is 0.0104 e. The average Bonchev–Trinajstić information content (AvgIpc) is 2.98. The van der Waals surface area contributed by atoms with E-state index >= 15 is 0 Å². The first-order valence-corrected chi connectivity index (χ1v) is 15.6. The fourth-order valence-corrected chi connectivity index (χ4v) is 6.38. The van der Waals surface area contributed by atoms with Crippen LogP contribution in [0.5, 0.6) is 0 Å². The molecule has 0 nitrogen and oxygen atoms in total. The maximum Gasteiger partial charge on any atom is -0.0104 e. The Hall–Kier alpha value is -3.12. The summed E-state index contributed by atoms with van der Waals surface area (Å²) in [7, 11) is 0. The zero-order valence-corrected chi connectivity index (χ0v) is 24.8. The Balaban J connectivity index is 2.20. The van der Waals surface area contributed by atoms with Gasteiger partial charge >= 0.3 is 0 Å². The molecule has 0 amide bonds. The van der Waals surface area contributed by atoms with Crippen molar-refractivity contribution in [2.24, 2.45) is 0 Å². The van der Waals surface area contributed by atoms with Crippen LogP contribution < -0.4 is 0 Å². The van der Waals surface area contributed by atoms with Gasteiger partial charge in [-0.25, -0.2) is 0 Å². The van der Waals surface area contributed by atoms with Crippen LogP contribution in [0.3, 0.4) is 0 Å². The van der Waals surface area contributed by atoms with Crippen molar-refractivity contribution < 1.29 is 0 Å². The predicted molar refractivity (Wildman–Crippen MR) is 173 cm³/mol. The van der Waals surface area contributed by atoms with Gasteiger partial charge in [0.05, 0.1) is 0 Å². The van der Waals surface area contributed by atoms with Crippen molar-refractivity contribution in [3.63, 3.8) is 0 Å². The number of rotatable bonds is 14. The Morgan fingerprint density at radius 3 is 1.21 bits per heavy atom. The van der Waals surface area contributed by atoms with Crippen molar-refractivity contribution in [2.75, 3.05) is 0 Å². The molecule has 0 saturated heterocycles. The van der Waals surface area contributed by atoms with Gasteiger partial charge in [-0.1, -0.05) is 151 Å². The molecule has 4 rings (SSSR count). The Kier molecular flexibility index (Phi) is 11.0. The minimum Gasteiger partial charge on any atom is -0.0654 e. The highest BCUT2D eigenvalue weighted by atomic mass is 14.3. The third-order valence-corrected chi connectivity index (χ3v) is 8.21. The second kappa shape index (κ2) is 14.9. The van der Waals surface area contributed by atoms with Crippen LogP contribution in [-0.2, 0) is 12.8 Å². The van der Waals surface area contributed by atoms with Gasteiger partial charge in [-0.2, -0.15) is 0 Å². The number of hydrogen-bond donors (Lipinski definition) is 0. The average molecular weight is 517 g/mol. The summed E-state index contributed by atoms with van der Waals surface area (Å²) >= 11 is 0. The molecular formula is C39H48. The van der Waals surface area contributed by atoms with Gasteiger partial charge in [0, 0.05) is 0 Å². The molecule has 0 aliphatic carbocycles. The largest absolute Gasteiger partial charge is 0.0654 e. The zero-order valence-electron chi connectivity index (χ0n) is 24.8. The molecule has 0 aliphatic heterocycles. The van der Waals surface area contributed by atoms with Crippen molar-refractivity contribution in [2.45, 2.75) is 97.8 Å². The van der Waals surface area contributed by atoms with E-state index in [0.717, 1.165) is 12.8 Å². The third-order valence-electron chi connectivity index (χ3n) is 8.21. The van der Waals surface area contributed by atoms with Crippen molar-refractivity contribution in [3.05, 3.63) is 108 Å². The summed E-state index contributed by atoms with van der Waals surface area (Å²) < 4.78 is 0. The SMILES string of the molecule is CCCCCc1c(-c2ccccc2)c(CCCCC)c(-c2ccccc2)c(C(C)CCC)c1-c1ccccc1. The summed E-state index contributed by atoms with van der Waals surface area (Å²) in [6, 6.07) is 33.9. The summed E-state index contributed by atoms with van der Waals surface area (Å²) in [6.45, 7) is 9.45. The maximum atomic E-state index is 2.48. The van der Waals surface area contributed by atoms with E-state index in [-0.39, 0.29) is 0 Å². The minimum absolute atomic E-state index is 0.486. The van der Waals surface area contributed by atoms with Gasteiger partial charge in [-0.05, 0) is 88.1 Å². The highest BCUT2D eigenvalue weighted by Gasteiger charge is 2.28. The van der Waals surface area contributed by atoms with E-state index in [4.69, 9.17) is 0 Å². The molecule has 0 aromatic heterocycles. The van der Waals surface area contributed by atoms with Gasteiger partial charge in [0.2, 0.25) is 0 Å². The summed E-state index contributed by atoms with van der Waals surface area (Å²) in [5.74, 6) is 0.486. The summed E-state index contributed by atoms with van der Waals surface area (Å²) in [6.07, 6.45) is 12.1. The lowest BCUT2D eigenvalue weighted by Gasteiger charge is -2.31. The summed E-state index contributed by atoms with van der Waals surface area (Å²) in [4.78, 5) is 0. The van der Waals surface area contributed by atoms with Gasteiger partial charge in [0.15, 0.2) is 0 Å². The molecule has 0 N–H and O–H groups in total. The monoisotopic (exact) mass is 516 g/mol. The highest BCUT2D eigenvalue weighted by molar-refractivity contribution is 5.92. The predicted octanol–water partition coefficient (Wildman–Crippen LogP) is 12.1. The molecular weight excluding hydrogens is 468 g/mol. The Morgan fingerprint density at radius 1 is 0.462 bits per heavy atom. The Morgan fingerprint density at radius 2 is 0.846 bits per heavy atom. The molecule has 204 valence electrons. The molecule has 39 heavy (non-hydrogen) atoms. The lowest BCUT2D eigenvalue weighted by Crippen LogP contribution is -2.11. The first-order valence-electron chi connectivity index (χ1n) is 15.6. The number of unbranched alkanes of at least 4 members (excludes halogenated alkanes) is 4. The van der Waals surface area contributed by atoms with Gasteiger partial charge in [0.25, 0.3) is 0 Å². The fourth-order valence-electron chi connectivity index (χ4n) is 6.38. The number of hydrogen-bond acceptors (Lipinski definition) is 0. The summed E-state index contributed by atoms with van der Waals surface area (Å²) in [5.41, 5.74) is 13.4. The quantitative estimate of drug-likeness (QED) is 0.146. The van der Waals surface area contributed by atoms with E-state index < -0.39 is 0 Å². The normalized spacial score (nSPS) is 12.0. The standard InChI is InChI=1S/C39H48/c1-5-8-13-28-34-37(31-22-15-10-16-23-31)35(29-14-9-6-2)39(33-26-19-12-20-27-33)36(30(4)21-7-3)38(34)32-24-17-11-18-25-32/h10-12,15-20,22-27,30H,5-9,13-14,21,28-29H2,1-4H3. The molecule has 0 heteroatoms. The lowest BCUT2D eigenvalue weighted by molar-refractivity contribution is 0.662. The Bertz CT molecular complexity index is 1190. The molecule has 0 spiro atoms. The molecule has 4 aromatic carbocycles. The zero-order chi connectivity index (χ0) is 27.5. The minimum atomic E-state index is 0.486. The van der Waals surface area contributed by atoms with Crippen molar-refractivity contribution in [3.8, 4) is 33.4 Å². The van der Waals surface area contributed by atoms with Crippen molar-refractivity contribution in [1.29, 1.82) is 0 Å². The molecule has 1 atom stereocenters. The van der Waals surface area contributed by atoms with E-state index in [1.54, 1.807) is 16.7 Å². The van der Waals surface area contributed by atoms with Crippen LogP contribution in [-0.4, -0.2) is 0 Å². The summed E-state index contributed by atoms with van der Waals surface area (Å²) in [5, 5.41) is 0. The van der Waals surface area contributed by atoms with Crippen LogP contribution in [0.25, 0.3) is 33.4 Å². The molecule has 0 saturated carbocycles. The van der Waals surface area contributed by atoms with Gasteiger partial charge in [-0.15, -0.1) is 0 Å². The van der Waals surface area contributed by atoms with Crippen LogP contribution in [0, 0.1) is 0 Å². The second-order valence-electron chi connectivity index (χ2n) is 11.2. The van der Waals surface area contributed by atoms with E-state index in [0.29, 0.717) is 5.92 Å². The van der Waals surface area contributed by atoms with E-state index in [1.165, 1.54) is 84.7 Å². The number of benzene rings is 4. The first kappa shape index (κ1) is 28.9. The third kappa shape index (κ3) is 6.91. The topological polar surface area (TPSA) is 0 Å². The van der Waals surface area contributed by atoms with Gasteiger partial charge < -0.3 is 0 Å². The molecule has 4 aromatic rings. The van der Waals surface area contributed by atoms with Crippen molar-refractivity contribution in [1.82, 2.24) is 0 Å². The Labute approximate surface area is 238 Å². The maximum absolute atomic E-state index is 2.48.